The second-order valence-electron chi connectivity index (χ2n) is 5.80. The number of carboxylic acids is 1. The molecule has 0 atom stereocenters. The molecule has 3 heterocycles. The predicted molar refractivity (Wildman–Crippen MR) is 89.8 cm³/mol. The van der Waals surface area contributed by atoms with E-state index in [0.717, 1.165) is 37.5 Å². The van der Waals surface area contributed by atoms with Crippen LogP contribution in [0.3, 0.4) is 0 Å². The smallest absolute Gasteiger partial charge is 0.309 e. The maximum Gasteiger partial charge on any atom is 0.309 e. The molecule has 1 fully saturated rings. The molecule has 22 heavy (non-hydrogen) atoms. The molecule has 1 aliphatic heterocycles. The molecule has 118 valence electrons. The number of thiazole rings is 1. The number of hydrogen-bond acceptors (Lipinski definition) is 5. The first kappa shape index (κ1) is 15.6. The molecule has 1 saturated heterocycles. The van der Waals surface area contributed by atoms with E-state index in [4.69, 9.17) is 5.11 Å². The van der Waals surface area contributed by atoms with Crippen LogP contribution in [-0.2, 0) is 17.8 Å². The standard InChI is InChI=1S/C16H20N2O2S2/c1-11-13(4-7-21-11)9-18-5-2-12(3-6-18)16-17-14(10-22-16)8-15(19)20/h4,7,10,12H,2-3,5-6,8-9H2,1H3,(H,19,20). The molecule has 0 aromatic carbocycles. The van der Waals surface area contributed by atoms with E-state index in [2.05, 4.69) is 28.3 Å². The van der Waals surface area contributed by atoms with Crippen molar-refractivity contribution < 1.29 is 9.90 Å². The van der Waals surface area contributed by atoms with Crippen molar-refractivity contribution in [2.75, 3.05) is 13.1 Å². The molecule has 2 aromatic heterocycles. The van der Waals surface area contributed by atoms with Gasteiger partial charge in [-0.1, -0.05) is 0 Å². The molecular formula is C16H20N2O2S2. The third kappa shape index (κ3) is 3.74. The van der Waals surface area contributed by atoms with Gasteiger partial charge in [-0.3, -0.25) is 9.69 Å². The Morgan fingerprint density at radius 2 is 2.18 bits per heavy atom. The van der Waals surface area contributed by atoms with Gasteiger partial charge in [0.15, 0.2) is 0 Å². The Balaban J connectivity index is 1.54. The highest BCUT2D eigenvalue weighted by Gasteiger charge is 2.23. The fraction of sp³-hybridized carbons (Fsp3) is 0.500. The van der Waals surface area contributed by atoms with Crippen LogP contribution in [0.5, 0.6) is 0 Å². The monoisotopic (exact) mass is 336 g/mol. The lowest BCUT2D eigenvalue weighted by Crippen LogP contribution is -2.32. The van der Waals surface area contributed by atoms with Crippen molar-refractivity contribution in [3.05, 3.63) is 38.0 Å². The minimum Gasteiger partial charge on any atom is -0.481 e. The summed E-state index contributed by atoms with van der Waals surface area (Å²) in [6.07, 6.45) is 2.26. The number of aromatic nitrogens is 1. The Labute approximate surface area is 138 Å². The third-order valence-electron chi connectivity index (χ3n) is 4.20. The van der Waals surface area contributed by atoms with Crippen molar-refractivity contribution in [2.24, 2.45) is 0 Å². The number of aliphatic carboxylic acids is 1. The Hall–Kier alpha value is -1.24. The van der Waals surface area contributed by atoms with Crippen LogP contribution >= 0.6 is 22.7 Å². The molecular weight excluding hydrogens is 316 g/mol. The summed E-state index contributed by atoms with van der Waals surface area (Å²) in [5.74, 6) is -0.315. The highest BCUT2D eigenvalue weighted by molar-refractivity contribution is 7.10. The lowest BCUT2D eigenvalue weighted by Gasteiger charge is -2.31. The van der Waals surface area contributed by atoms with Crippen LogP contribution in [0, 0.1) is 6.92 Å². The minimum atomic E-state index is -0.808. The first-order chi connectivity index (χ1) is 10.6. The first-order valence-corrected chi connectivity index (χ1v) is 9.29. The average molecular weight is 336 g/mol. The summed E-state index contributed by atoms with van der Waals surface area (Å²) in [5, 5.41) is 14.0. The van der Waals surface area contributed by atoms with Gasteiger partial charge < -0.3 is 5.11 Å². The molecule has 0 spiro atoms. The van der Waals surface area contributed by atoms with E-state index in [1.54, 1.807) is 11.3 Å². The van der Waals surface area contributed by atoms with E-state index in [-0.39, 0.29) is 6.42 Å². The lowest BCUT2D eigenvalue weighted by atomic mass is 9.97. The van der Waals surface area contributed by atoms with Gasteiger partial charge in [0.2, 0.25) is 0 Å². The fourth-order valence-electron chi connectivity index (χ4n) is 2.90. The summed E-state index contributed by atoms with van der Waals surface area (Å²) in [6.45, 7) is 5.41. The summed E-state index contributed by atoms with van der Waals surface area (Å²) in [7, 11) is 0. The Kier molecular flexibility index (Phi) is 4.90. The maximum absolute atomic E-state index is 10.7. The highest BCUT2D eigenvalue weighted by Crippen LogP contribution is 2.31. The molecule has 1 aliphatic rings. The van der Waals surface area contributed by atoms with Crippen LogP contribution in [0.2, 0.25) is 0 Å². The van der Waals surface area contributed by atoms with Crippen molar-refractivity contribution in [3.63, 3.8) is 0 Å². The summed E-state index contributed by atoms with van der Waals surface area (Å²) < 4.78 is 0. The molecule has 2 aromatic rings. The molecule has 0 radical (unpaired) electrons. The molecule has 0 bridgehead atoms. The van der Waals surface area contributed by atoms with Gasteiger partial charge in [-0.2, -0.15) is 0 Å². The van der Waals surface area contributed by atoms with Gasteiger partial charge in [0, 0.05) is 22.7 Å². The number of likely N-dealkylation sites (tertiary alicyclic amines) is 1. The largest absolute Gasteiger partial charge is 0.481 e. The minimum absolute atomic E-state index is 0.0345. The van der Waals surface area contributed by atoms with E-state index < -0.39 is 5.97 Å². The quantitative estimate of drug-likeness (QED) is 0.908. The summed E-state index contributed by atoms with van der Waals surface area (Å²) in [6, 6.07) is 2.23. The normalized spacial score (nSPS) is 17.0. The number of thiophene rings is 1. The number of carbonyl (C=O) groups is 1. The number of rotatable bonds is 5. The molecule has 4 nitrogen and oxygen atoms in total. The molecule has 0 amide bonds. The van der Waals surface area contributed by atoms with Gasteiger partial charge in [0.05, 0.1) is 17.1 Å². The van der Waals surface area contributed by atoms with Gasteiger partial charge in [-0.05, 0) is 49.9 Å². The molecule has 0 unspecified atom stereocenters. The summed E-state index contributed by atoms with van der Waals surface area (Å²) >= 11 is 3.43. The predicted octanol–water partition coefficient (Wildman–Crippen LogP) is 3.52. The van der Waals surface area contributed by atoms with Crippen molar-refractivity contribution >= 4 is 28.6 Å². The number of hydrogen-bond donors (Lipinski definition) is 1. The van der Waals surface area contributed by atoms with E-state index in [1.807, 2.05) is 16.7 Å². The lowest BCUT2D eigenvalue weighted by molar-refractivity contribution is -0.136. The Bertz CT molecular complexity index is 642. The van der Waals surface area contributed by atoms with Crippen molar-refractivity contribution in [1.29, 1.82) is 0 Å². The average Bonchev–Trinajstić information content (AvgIpc) is 3.09. The highest BCUT2D eigenvalue weighted by atomic mass is 32.1. The van der Waals surface area contributed by atoms with Crippen molar-refractivity contribution in [3.8, 4) is 0 Å². The fourth-order valence-corrected chi connectivity index (χ4v) is 4.61. The molecule has 0 saturated carbocycles. The first-order valence-electron chi connectivity index (χ1n) is 7.53. The third-order valence-corrected chi connectivity index (χ3v) is 6.14. The van der Waals surface area contributed by atoms with Gasteiger partial charge in [-0.15, -0.1) is 22.7 Å². The number of piperidine rings is 1. The second kappa shape index (κ2) is 6.89. The SMILES string of the molecule is Cc1sccc1CN1CCC(c2nc(CC(=O)O)cs2)CC1. The summed E-state index contributed by atoms with van der Waals surface area (Å²) in [5.41, 5.74) is 2.14. The van der Waals surface area contributed by atoms with Crippen LogP contribution in [0.15, 0.2) is 16.8 Å². The van der Waals surface area contributed by atoms with Crippen LogP contribution < -0.4 is 0 Å². The molecule has 3 rings (SSSR count). The molecule has 0 aliphatic carbocycles. The van der Waals surface area contributed by atoms with Crippen LogP contribution in [0.1, 0.15) is 39.9 Å². The van der Waals surface area contributed by atoms with Crippen LogP contribution in [0.4, 0.5) is 0 Å². The topological polar surface area (TPSA) is 53.4 Å². The van der Waals surface area contributed by atoms with E-state index in [9.17, 15) is 4.79 Å². The Morgan fingerprint density at radius 1 is 1.41 bits per heavy atom. The van der Waals surface area contributed by atoms with E-state index in [1.165, 1.54) is 10.4 Å². The van der Waals surface area contributed by atoms with Crippen LogP contribution in [0.25, 0.3) is 0 Å². The van der Waals surface area contributed by atoms with Gasteiger partial charge in [0.1, 0.15) is 0 Å². The number of carboxylic acid groups (broad SMARTS) is 1. The van der Waals surface area contributed by atoms with Crippen molar-refractivity contribution in [1.82, 2.24) is 9.88 Å². The molecule has 1 N–H and O–H groups in total. The van der Waals surface area contributed by atoms with Gasteiger partial charge in [-0.25, -0.2) is 4.98 Å². The summed E-state index contributed by atoms with van der Waals surface area (Å²) in [4.78, 5) is 19.2. The number of aryl methyl sites for hydroxylation is 1. The Morgan fingerprint density at radius 3 is 2.82 bits per heavy atom. The van der Waals surface area contributed by atoms with Crippen molar-refractivity contribution in [2.45, 2.75) is 38.6 Å². The van der Waals surface area contributed by atoms with Gasteiger partial charge in [0.25, 0.3) is 0 Å². The van der Waals surface area contributed by atoms with E-state index in [0.29, 0.717) is 11.6 Å². The zero-order chi connectivity index (χ0) is 15.5. The van der Waals surface area contributed by atoms with Crippen LogP contribution in [-0.4, -0.2) is 34.0 Å². The zero-order valence-electron chi connectivity index (χ0n) is 12.6. The second-order valence-corrected chi connectivity index (χ2v) is 7.81. The molecule has 6 heteroatoms. The van der Waals surface area contributed by atoms with E-state index >= 15 is 0 Å². The number of nitrogens with zero attached hydrogens (tertiary/aromatic N) is 2. The maximum atomic E-state index is 10.7. The van der Waals surface area contributed by atoms with Gasteiger partial charge >= 0.3 is 5.97 Å². The zero-order valence-corrected chi connectivity index (χ0v) is 14.3.